The Balaban J connectivity index is 2.38. The van der Waals surface area contributed by atoms with Crippen LogP contribution in [0.4, 0.5) is 5.69 Å². The first-order valence-corrected chi connectivity index (χ1v) is 9.10. The summed E-state index contributed by atoms with van der Waals surface area (Å²) in [4.78, 5) is 0. The third-order valence-corrected chi connectivity index (χ3v) is 4.72. The van der Waals surface area contributed by atoms with E-state index in [1.807, 2.05) is 25.1 Å². The van der Waals surface area contributed by atoms with E-state index < -0.39 is 10.0 Å². The first kappa shape index (κ1) is 17.0. The number of benzene rings is 2. The van der Waals surface area contributed by atoms with Crippen LogP contribution in [-0.4, -0.2) is 25.1 Å². The summed E-state index contributed by atoms with van der Waals surface area (Å²) < 4.78 is 26.9. The number of unbranched alkanes of at least 4 members (excludes halogenated alkanes) is 1. The van der Waals surface area contributed by atoms with Crippen LogP contribution in [0.2, 0.25) is 0 Å². The first-order chi connectivity index (χ1) is 11.1. The lowest BCUT2D eigenvalue weighted by atomic mass is 10.0. The third-order valence-electron chi connectivity index (χ3n) is 3.36. The molecule has 0 bridgehead atoms. The molecule has 2 aromatic carbocycles. The molecule has 2 rings (SSSR count). The van der Waals surface area contributed by atoms with Crippen molar-refractivity contribution in [3.05, 3.63) is 65.7 Å². The van der Waals surface area contributed by atoms with Gasteiger partial charge in [0.2, 0.25) is 10.0 Å². The molecule has 0 aromatic heterocycles. The smallest absolute Gasteiger partial charge is 0.232 e. The number of oxime groups is 1. The van der Waals surface area contributed by atoms with Crippen molar-refractivity contribution in [3.8, 4) is 0 Å². The molecule has 6 heteroatoms. The lowest BCUT2D eigenvalue weighted by molar-refractivity contribution is 0.319. The number of para-hydroxylation sites is 1. The molecule has 0 aliphatic carbocycles. The fourth-order valence-electron chi connectivity index (χ4n) is 2.19. The van der Waals surface area contributed by atoms with Gasteiger partial charge in [0, 0.05) is 11.1 Å². The number of hydrogen-bond donors (Lipinski definition) is 2. The van der Waals surface area contributed by atoms with Crippen molar-refractivity contribution in [3.63, 3.8) is 0 Å². The minimum atomic E-state index is -3.43. The minimum absolute atomic E-state index is 0.0643. The molecule has 2 aromatic rings. The van der Waals surface area contributed by atoms with Gasteiger partial charge in [-0.2, -0.15) is 0 Å². The van der Waals surface area contributed by atoms with E-state index in [1.165, 1.54) is 0 Å². The normalized spacial score (nSPS) is 12.1. The van der Waals surface area contributed by atoms with Crippen molar-refractivity contribution < 1.29 is 13.6 Å². The van der Waals surface area contributed by atoms with E-state index >= 15 is 0 Å². The Morgan fingerprint density at radius 3 is 2.39 bits per heavy atom. The number of rotatable bonds is 7. The summed E-state index contributed by atoms with van der Waals surface area (Å²) in [5.74, 6) is 0.0643. The second-order valence-electron chi connectivity index (χ2n) is 5.13. The Bertz CT molecular complexity index is 771. The molecule has 5 nitrogen and oxygen atoms in total. The summed E-state index contributed by atoms with van der Waals surface area (Å²) in [5.41, 5.74) is 1.95. The molecule has 0 saturated heterocycles. The van der Waals surface area contributed by atoms with E-state index in [1.54, 1.807) is 36.4 Å². The van der Waals surface area contributed by atoms with Crippen LogP contribution in [0.5, 0.6) is 0 Å². The molecule has 122 valence electrons. The highest BCUT2D eigenvalue weighted by Gasteiger charge is 2.16. The van der Waals surface area contributed by atoms with Gasteiger partial charge in [0.1, 0.15) is 5.71 Å². The summed E-state index contributed by atoms with van der Waals surface area (Å²) >= 11 is 0. The summed E-state index contributed by atoms with van der Waals surface area (Å²) in [7, 11) is -3.43. The maximum Gasteiger partial charge on any atom is 0.232 e. The monoisotopic (exact) mass is 332 g/mol. The lowest BCUT2D eigenvalue weighted by Gasteiger charge is -2.13. The van der Waals surface area contributed by atoms with Gasteiger partial charge < -0.3 is 5.21 Å². The van der Waals surface area contributed by atoms with Gasteiger partial charge in [0.05, 0.1) is 11.4 Å². The highest BCUT2D eigenvalue weighted by Crippen LogP contribution is 2.21. The Morgan fingerprint density at radius 1 is 1.09 bits per heavy atom. The molecule has 0 fully saturated rings. The zero-order valence-electron chi connectivity index (χ0n) is 12.9. The van der Waals surface area contributed by atoms with Gasteiger partial charge in [-0.25, -0.2) is 8.42 Å². The molecular formula is C17H20N2O3S. The zero-order valence-corrected chi connectivity index (χ0v) is 13.8. The standard InChI is InChI=1S/C17H20N2O3S/c1-2-3-13-23(21,22)19-16-12-8-7-11-15(16)17(18-20)14-9-5-4-6-10-14/h4-12,19-20H,2-3,13H2,1H3/b18-17+. The van der Waals surface area contributed by atoms with Crippen LogP contribution in [0, 0.1) is 0 Å². The van der Waals surface area contributed by atoms with E-state index in [0.29, 0.717) is 28.9 Å². The third kappa shape index (κ3) is 4.56. The van der Waals surface area contributed by atoms with Crippen LogP contribution in [0.15, 0.2) is 59.8 Å². The summed E-state index contributed by atoms with van der Waals surface area (Å²) in [6, 6.07) is 16.0. The molecule has 0 amide bonds. The first-order valence-electron chi connectivity index (χ1n) is 7.44. The maximum absolute atomic E-state index is 12.1. The number of nitrogens with zero attached hydrogens (tertiary/aromatic N) is 1. The van der Waals surface area contributed by atoms with E-state index in [2.05, 4.69) is 9.88 Å². The maximum atomic E-state index is 12.1. The number of hydrogen-bond acceptors (Lipinski definition) is 4. The zero-order chi connectivity index (χ0) is 16.7. The number of anilines is 1. The van der Waals surface area contributed by atoms with Gasteiger partial charge >= 0.3 is 0 Å². The molecule has 2 N–H and O–H groups in total. The lowest BCUT2D eigenvalue weighted by Crippen LogP contribution is -2.19. The fourth-order valence-corrected chi connectivity index (χ4v) is 3.48. The Labute approximate surface area is 136 Å². The molecular weight excluding hydrogens is 312 g/mol. The van der Waals surface area contributed by atoms with Gasteiger partial charge in [0.25, 0.3) is 0 Å². The van der Waals surface area contributed by atoms with Crippen molar-refractivity contribution in [1.29, 1.82) is 0 Å². The highest BCUT2D eigenvalue weighted by molar-refractivity contribution is 7.92. The Morgan fingerprint density at radius 2 is 1.74 bits per heavy atom. The van der Waals surface area contributed by atoms with Gasteiger partial charge in [-0.05, 0) is 12.5 Å². The largest absolute Gasteiger partial charge is 0.410 e. The molecule has 0 spiro atoms. The van der Waals surface area contributed by atoms with Crippen LogP contribution in [0.3, 0.4) is 0 Å². The van der Waals surface area contributed by atoms with Crippen LogP contribution in [0.25, 0.3) is 0 Å². The second-order valence-corrected chi connectivity index (χ2v) is 6.98. The van der Waals surface area contributed by atoms with Gasteiger partial charge in [-0.15, -0.1) is 0 Å². The molecule has 23 heavy (non-hydrogen) atoms. The van der Waals surface area contributed by atoms with E-state index in [9.17, 15) is 13.6 Å². The van der Waals surface area contributed by atoms with Crippen molar-refractivity contribution in [2.24, 2.45) is 5.16 Å². The topological polar surface area (TPSA) is 78.8 Å². The average molecular weight is 332 g/mol. The van der Waals surface area contributed by atoms with Crippen LogP contribution in [0.1, 0.15) is 30.9 Å². The molecule has 0 aliphatic heterocycles. The van der Waals surface area contributed by atoms with Gasteiger partial charge in [0.15, 0.2) is 0 Å². The fraction of sp³-hybridized carbons (Fsp3) is 0.235. The highest BCUT2D eigenvalue weighted by atomic mass is 32.2. The number of sulfonamides is 1. The number of nitrogens with one attached hydrogen (secondary N) is 1. The SMILES string of the molecule is CCCCS(=O)(=O)Nc1ccccc1/C(=N/O)c1ccccc1. The van der Waals surface area contributed by atoms with Crippen LogP contribution >= 0.6 is 0 Å². The molecule has 0 aliphatic rings. The van der Waals surface area contributed by atoms with E-state index in [4.69, 9.17) is 0 Å². The molecule has 0 heterocycles. The second kappa shape index (κ2) is 7.78. The summed E-state index contributed by atoms with van der Waals surface area (Å²) in [6.45, 7) is 1.94. The van der Waals surface area contributed by atoms with Crippen molar-refractivity contribution in [2.75, 3.05) is 10.5 Å². The van der Waals surface area contributed by atoms with Crippen LogP contribution < -0.4 is 4.72 Å². The van der Waals surface area contributed by atoms with Crippen molar-refractivity contribution in [2.45, 2.75) is 19.8 Å². The summed E-state index contributed by atoms with van der Waals surface area (Å²) in [6.07, 6.45) is 1.40. The van der Waals surface area contributed by atoms with Gasteiger partial charge in [-0.1, -0.05) is 67.0 Å². The predicted molar refractivity (Wildman–Crippen MR) is 92.6 cm³/mol. The Kier molecular flexibility index (Phi) is 5.76. The van der Waals surface area contributed by atoms with E-state index in [0.717, 1.165) is 6.42 Å². The molecule has 0 unspecified atom stereocenters. The quantitative estimate of drug-likeness (QED) is 0.463. The molecule has 0 saturated carbocycles. The van der Waals surface area contributed by atoms with Crippen molar-refractivity contribution >= 4 is 21.4 Å². The minimum Gasteiger partial charge on any atom is -0.410 e. The van der Waals surface area contributed by atoms with Crippen LogP contribution in [-0.2, 0) is 10.0 Å². The predicted octanol–water partition coefficient (Wildman–Crippen LogP) is 3.46. The Hall–Kier alpha value is -2.34. The molecule has 0 atom stereocenters. The van der Waals surface area contributed by atoms with Gasteiger partial charge in [-0.3, -0.25) is 4.72 Å². The average Bonchev–Trinajstić information content (AvgIpc) is 2.56. The molecule has 0 radical (unpaired) electrons. The summed E-state index contributed by atoms with van der Waals surface area (Å²) in [5, 5.41) is 12.8. The van der Waals surface area contributed by atoms with Crippen molar-refractivity contribution in [1.82, 2.24) is 0 Å². The van der Waals surface area contributed by atoms with E-state index in [-0.39, 0.29) is 5.75 Å².